The van der Waals surface area contributed by atoms with Crippen LogP contribution in [0.25, 0.3) is 0 Å². The van der Waals surface area contributed by atoms with E-state index in [1.165, 1.54) is 20.3 Å². The van der Waals surface area contributed by atoms with Crippen molar-refractivity contribution in [2.24, 2.45) is 0 Å². The van der Waals surface area contributed by atoms with Gasteiger partial charge in [-0.05, 0) is 18.2 Å². The van der Waals surface area contributed by atoms with Crippen molar-refractivity contribution in [1.29, 1.82) is 5.26 Å². The zero-order valence-electron chi connectivity index (χ0n) is 11.6. The Bertz CT molecular complexity index is 681. The summed E-state index contributed by atoms with van der Waals surface area (Å²) < 4.78 is 15.5. The predicted octanol–water partition coefficient (Wildman–Crippen LogP) is 2.79. The SMILES string of the molecule is COc1cc(OC)cc(OC(=O)c2cccc(C#N)c2)c1. The van der Waals surface area contributed by atoms with E-state index < -0.39 is 5.97 Å². The van der Waals surface area contributed by atoms with Gasteiger partial charge in [-0.1, -0.05) is 6.07 Å². The van der Waals surface area contributed by atoms with Gasteiger partial charge in [-0.25, -0.2) is 4.79 Å². The van der Waals surface area contributed by atoms with Gasteiger partial charge < -0.3 is 14.2 Å². The summed E-state index contributed by atoms with van der Waals surface area (Å²) in [7, 11) is 3.02. The topological polar surface area (TPSA) is 68.6 Å². The van der Waals surface area contributed by atoms with Crippen LogP contribution >= 0.6 is 0 Å². The van der Waals surface area contributed by atoms with Crippen molar-refractivity contribution in [3.05, 3.63) is 53.6 Å². The van der Waals surface area contributed by atoms with Crippen molar-refractivity contribution in [2.45, 2.75) is 0 Å². The molecule has 0 aromatic heterocycles. The molecule has 2 rings (SSSR count). The second kappa shape index (κ2) is 6.44. The fraction of sp³-hybridized carbons (Fsp3) is 0.125. The van der Waals surface area contributed by atoms with Gasteiger partial charge in [0.25, 0.3) is 0 Å². The van der Waals surface area contributed by atoms with E-state index >= 15 is 0 Å². The fourth-order valence-electron chi connectivity index (χ4n) is 1.72. The van der Waals surface area contributed by atoms with Crippen LogP contribution < -0.4 is 14.2 Å². The van der Waals surface area contributed by atoms with Crippen molar-refractivity contribution in [1.82, 2.24) is 0 Å². The number of rotatable bonds is 4. The van der Waals surface area contributed by atoms with Gasteiger partial charge in [0.2, 0.25) is 0 Å². The van der Waals surface area contributed by atoms with Crippen molar-refractivity contribution >= 4 is 5.97 Å². The minimum atomic E-state index is -0.553. The molecule has 2 aromatic rings. The molecular formula is C16H13NO4. The fourth-order valence-corrected chi connectivity index (χ4v) is 1.72. The molecule has 21 heavy (non-hydrogen) atoms. The average molecular weight is 283 g/mol. The molecule has 0 amide bonds. The van der Waals surface area contributed by atoms with Crippen LogP contribution in [0, 0.1) is 11.3 Å². The van der Waals surface area contributed by atoms with Gasteiger partial charge >= 0.3 is 5.97 Å². The zero-order chi connectivity index (χ0) is 15.2. The van der Waals surface area contributed by atoms with Crippen LogP contribution in [-0.2, 0) is 0 Å². The minimum Gasteiger partial charge on any atom is -0.496 e. The van der Waals surface area contributed by atoms with E-state index in [0.29, 0.717) is 28.4 Å². The number of methoxy groups -OCH3 is 2. The average Bonchev–Trinajstić information content (AvgIpc) is 2.54. The van der Waals surface area contributed by atoms with Crippen molar-refractivity contribution in [3.8, 4) is 23.3 Å². The van der Waals surface area contributed by atoms with Gasteiger partial charge in [0.05, 0.1) is 31.4 Å². The van der Waals surface area contributed by atoms with Crippen LogP contribution in [0.5, 0.6) is 17.2 Å². The van der Waals surface area contributed by atoms with E-state index in [-0.39, 0.29) is 0 Å². The molecule has 0 spiro atoms. The van der Waals surface area contributed by atoms with Gasteiger partial charge in [0.1, 0.15) is 17.2 Å². The van der Waals surface area contributed by atoms with Gasteiger partial charge in [0, 0.05) is 18.2 Å². The molecule has 0 unspecified atom stereocenters. The largest absolute Gasteiger partial charge is 0.496 e. The Hall–Kier alpha value is -3.00. The highest BCUT2D eigenvalue weighted by molar-refractivity contribution is 5.91. The quantitative estimate of drug-likeness (QED) is 0.637. The molecular weight excluding hydrogens is 270 g/mol. The lowest BCUT2D eigenvalue weighted by molar-refractivity contribution is 0.0734. The highest BCUT2D eigenvalue weighted by Gasteiger charge is 2.11. The number of nitrogens with zero attached hydrogens (tertiary/aromatic N) is 1. The first-order valence-electron chi connectivity index (χ1n) is 6.11. The third kappa shape index (κ3) is 3.51. The lowest BCUT2D eigenvalue weighted by atomic mass is 10.1. The Balaban J connectivity index is 2.24. The van der Waals surface area contributed by atoms with Crippen molar-refractivity contribution < 1.29 is 19.0 Å². The maximum atomic E-state index is 12.1. The highest BCUT2D eigenvalue weighted by Crippen LogP contribution is 2.28. The number of carbonyl (C=O) groups is 1. The molecule has 0 N–H and O–H groups in total. The Morgan fingerprint density at radius 3 is 2.19 bits per heavy atom. The minimum absolute atomic E-state index is 0.302. The maximum Gasteiger partial charge on any atom is 0.343 e. The Labute approximate surface area is 122 Å². The molecule has 0 heterocycles. The molecule has 0 atom stereocenters. The molecule has 106 valence electrons. The summed E-state index contributed by atoms with van der Waals surface area (Å²) >= 11 is 0. The predicted molar refractivity (Wildman–Crippen MR) is 75.7 cm³/mol. The highest BCUT2D eigenvalue weighted by atomic mass is 16.5. The third-order valence-corrected chi connectivity index (χ3v) is 2.76. The molecule has 5 heteroatoms. The summed E-state index contributed by atoms with van der Waals surface area (Å²) in [5.41, 5.74) is 0.698. The molecule has 0 aliphatic rings. The van der Waals surface area contributed by atoms with Crippen LogP contribution in [0.1, 0.15) is 15.9 Å². The molecule has 0 bridgehead atoms. The summed E-state index contributed by atoms with van der Waals surface area (Å²) in [6, 6.07) is 13.1. The van der Waals surface area contributed by atoms with Gasteiger partial charge in [-0.3, -0.25) is 0 Å². The number of benzene rings is 2. The molecule has 2 aromatic carbocycles. The number of ether oxygens (including phenoxy) is 3. The third-order valence-electron chi connectivity index (χ3n) is 2.76. The summed E-state index contributed by atoms with van der Waals surface area (Å²) in [6.07, 6.45) is 0. The molecule has 0 aliphatic heterocycles. The molecule has 0 aliphatic carbocycles. The Morgan fingerprint density at radius 2 is 1.62 bits per heavy atom. The standard InChI is InChI=1S/C16H13NO4/c1-19-13-7-14(20-2)9-15(8-13)21-16(18)12-5-3-4-11(6-12)10-17/h3-9H,1-2H3. The van der Waals surface area contributed by atoms with E-state index in [4.69, 9.17) is 19.5 Å². The van der Waals surface area contributed by atoms with Crippen LogP contribution in [0.2, 0.25) is 0 Å². The number of esters is 1. The van der Waals surface area contributed by atoms with Gasteiger partial charge in [0.15, 0.2) is 0 Å². The second-order valence-corrected chi connectivity index (χ2v) is 4.13. The Kier molecular flexibility index (Phi) is 4.42. The number of hydrogen-bond acceptors (Lipinski definition) is 5. The number of nitriles is 1. The van der Waals surface area contributed by atoms with E-state index in [9.17, 15) is 4.79 Å². The van der Waals surface area contributed by atoms with Crippen LogP contribution in [0.3, 0.4) is 0 Å². The normalized spacial score (nSPS) is 9.57. The molecule has 0 saturated carbocycles. The van der Waals surface area contributed by atoms with E-state index in [2.05, 4.69) is 0 Å². The van der Waals surface area contributed by atoms with E-state index in [1.807, 2.05) is 6.07 Å². The van der Waals surface area contributed by atoms with Gasteiger partial charge in [-0.2, -0.15) is 5.26 Å². The molecule has 0 radical (unpaired) electrons. The monoisotopic (exact) mass is 283 g/mol. The van der Waals surface area contributed by atoms with Crippen molar-refractivity contribution in [2.75, 3.05) is 14.2 Å². The summed E-state index contributed by atoms with van der Waals surface area (Å²) in [6.45, 7) is 0. The van der Waals surface area contributed by atoms with Crippen molar-refractivity contribution in [3.63, 3.8) is 0 Å². The summed E-state index contributed by atoms with van der Waals surface area (Å²) in [5, 5.41) is 8.83. The lowest BCUT2D eigenvalue weighted by Gasteiger charge is -2.09. The lowest BCUT2D eigenvalue weighted by Crippen LogP contribution is -2.08. The smallest absolute Gasteiger partial charge is 0.343 e. The van der Waals surface area contributed by atoms with Gasteiger partial charge in [-0.15, -0.1) is 0 Å². The first-order chi connectivity index (χ1) is 10.2. The second-order valence-electron chi connectivity index (χ2n) is 4.13. The summed E-state index contributed by atoms with van der Waals surface area (Å²) in [5.74, 6) is 0.784. The maximum absolute atomic E-state index is 12.1. The van der Waals surface area contributed by atoms with E-state index in [1.54, 1.807) is 36.4 Å². The van der Waals surface area contributed by atoms with Crippen LogP contribution in [0.4, 0.5) is 0 Å². The first kappa shape index (κ1) is 14.4. The first-order valence-corrected chi connectivity index (χ1v) is 6.11. The molecule has 5 nitrogen and oxygen atoms in total. The molecule has 0 fully saturated rings. The molecule has 0 saturated heterocycles. The van der Waals surface area contributed by atoms with Crippen LogP contribution in [-0.4, -0.2) is 20.2 Å². The van der Waals surface area contributed by atoms with E-state index in [0.717, 1.165) is 0 Å². The van der Waals surface area contributed by atoms with Crippen LogP contribution in [0.15, 0.2) is 42.5 Å². The summed E-state index contributed by atoms with van der Waals surface area (Å²) in [4.78, 5) is 12.1. The number of carbonyl (C=O) groups excluding carboxylic acids is 1. The zero-order valence-corrected chi connectivity index (χ0v) is 11.6. The Morgan fingerprint density at radius 1 is 1.00 bits per heavy atom. The number of hydrogen-bond donors (Lipinski definition) is 0.